The fourth-order valence-corrected chi connectivity index (χ4v) is 5.67. The van der Waals surface area contributed by atoms with E-state index in [4.69, 9.17) is 33.7 Å². The van der Waals surface area contributed by atoms with Crippen LogP contribution in [0.2, 0.25) is 10.0 Å². The minimum Gasteiger partial charge on any atom is -0.485 e. The lowest BCUT2D eigenvalue weighted by Crippen LogP contribution is -2.23. The molecule has 0 fully saturated rings. The molecule has 214 valence electrons. The van der Waals surface area contributed by atoms with Crippen molar-refractivity contribution in [3.05, 3.63) is 86.8 Å². The Morgan fingerprint density at radius 3 is 2.34 bits per heavy atom. The molecule has 0 radical (unpaired) electrons. The SMILES string of the molecule is Cn1c(C(=O)O)c(OCc2ccc(Cl)c(Cl)c2)c(C(=O)O)c1C(Sc1cc(C(F)(F)F)nc2ccccc12)C(N)=O. The van der Waals surface area contributed by atoms with E-state index in [-0.39, 0.29) is 32.5 Å². The number of benzene rings is 2. The standard InChI is InChI=1S/C26H18Cl2F3N3O6S/c1-34-19(18(24(36)37)21(20(34)25(38)39)40-10-11-6-7-13(27)14(28)8-11)22(23(32)35)41-16-9-17(26(29,30)31)33-15-5-3-2-4-12(15)16/h2-9,22H,10H2,1H3,(H2,32,35)(H,36,37)(H,38,39). The zero-order valence-corrected chi connectivity index (χ0v) is 23.0. The summed E-state index contributed by atoms with van der Waals surface area (Å²) in [6.45, 7) is -0.334. The highest BCUT2D eigenvalue weighted by molar-refractivity contribution is 8.00. The highest BCUT2D eigenvalue weighted by atomic mass is 35.5. The molecule has 0 aliphatic heterocycles. The van der Waals surface area contributed by atoms with Gasteiger partial charge >= 0.3 is 18.1 Å². The zero-order chi connectivity index (χ0) is 30.2. The number of nitrogens with zero attached hydrogens (tertiary/aromatic N) is 2. The van der Waals surface area contributed by atoms with Crippen molar-refractivity contribution in [2.24, 2.45) is 12.8 Å². The predicted octanol–water partition coefficient (Wildman–Crippen LogP) is 6.19. The summed E-state index contributed by atoms with van der Waals surface area (Å²) in [4.78, 5) is 41.0. The number of hydrogen-bond acceptors (Lipinski definition) is 6. The number of para-hydroxylation sites is 1. The Labute approximate surface area is 243 Å². The van der Waals surface area contributed by atoms with E-state index in [0.717, 1.165) is 4.57 Å². The molecule has 15 heteroatoms. The van der Waals surface area contributed by atoms with Gasteiger partial charge < -0.3 is 25.3 Å². The number of pyridine rings is 1. The first-order chi connectivity index (χ1) is 19.2. The number of fused-ring (bicyclic) bond motifs is 1. The lowest BCUT2D eigenvalue weighted by Gasteiger charge is -2.18. The van der Waals surface area contributed by atoms with Gasteiger partial charge in [0.25, 0.3) is 0 Å². The maximum absolute atomic E-state index is 13.6. The van der Waals surface area contributed by atoms with Crippen LogP contribution in [0, 0.1) is 0 Å². The molecular formula is C26H18Cl2F3N3O6S. The lowest BCUT2D eigenvalue weighted by atomic mass is 10.1. The van der Waals surface area contributed by atoms with Crippen LogP contribution in [0.4, 0.5) is 13.2 Å². The third-order valence-corrected chi connectivity index (χ3v) is 7.92. The van der Waals surface area contributed by atoms with Crippen molar-refractivity contribution >= 4 is 63.7 Å². The maximum Gasteiger partial charge on any atom is 0.433 e. The number of primary amides is 1. The molecule has 1 amide bonds. The number of carboxylic acids is 2. The maximum atomic E-state index is 13.6. The quantitative estimate of drug-likeness (QED) is 0.186. The van der Waals surface area contributed by atoms with Gasteiger partial charge in [-0.2, -0.15) is 13.2 Å². The van der Waals surface area contributed by atoms with Crippen molar-refractivity contribution in [3.63, 3.8) is 0 Å². The van der Waals surface area contributed by atoms with Gasteiger partial charge in [0.05, 0.1) is 21.3 Å². The summed E-state index contributed by atoms with van der Waals surface area (Å²) in [5.41, 5.74) is 3.05. The number of aromatic nitrogens is 2. The summed E-state index contributed by atoms with van der Waals surface area (Å²) < 4.78 is 47.4. The molecule has 0 aliphatic rings. The number of carbonyl (C=O) groups is 3. The van der Waals surface area contributed by atoms with Crippen molar-refractivity contribution in [1.82, 2.24) is 9.55 Å². The second-order valence-electron chi connectivity index (χ2n) is 8.57. The Balaban J connectivity index is 1.88. The van der Waals surface area contributed by atoms with Crippen molar-refractivity contribution in [1.29, 1.82) is 0 Å². The van der Waals surface area contributed by atoms with E-state index >= 15 is 0 Å². The summed E-state index contributed by atoms with van der Waals surface area (Å²) >= 11 is 12.5. The Morgan fingerprint density at radius 2 is 1.76 bits per heavy atom. The van der Waals surface area contributed by atoms with E-state index in [9.17, 15) is 37.8 Å². The van der Waals surface area contributed by atoms with Crippen LogP contribution in [0.3, 0.4) is 0 Å². The molecular weight excluding hydrogens is 610 g/mol. The number of ether oxygens (including phenoxy) is 1. The number of thioether (sulfide) groups is 1. The minimum absolute atomic E-state index is 0.0322. The summed E-state index contributed by atoms with van der Waals surface area (Å²) in [5, 5.41) is 19.0. The number of alkyl halides is 3. The number of aromatic carboxylic acids is 2. The minimum atomic E-state index is -4.83. The average Bonchev–Trinajstić information content (AvgIpc) is 3.18. The second kappa shape index (κ2) is 11.5. The molecule has 0 aliphatic carbocycles. The van der Waals surface area contributed by atoms with Gasteiger partial charge in [-0.1, -0.05) is 47.5 Å². The third-order valence-electron chi connectivity index (χ3n) is 5.90. The van der Waals surface area contributed by atoms with Crippen LogP contribution < -0.4 is 10.5 Å². The average molecular weight is 628 g/mol. The number of nitrogens with two attached hydrogens (primary N) is 1. The molecule has 1 unspecified atom stereocenters. The van der Waals surface area contributed by atoms with Gasteiger partial charge in [-0.05, 0) is 29.8 Å². The molecule has 1 atom stereocenters. The summed E-state index contributed by atoms with van der Waals surface area (Å²) in [7, 11) is 1.18. The van der Waals surface area contributed by atoms with E-state index in [2.05, 4.69) is 4.98 Å². The van der Waals surface area contributed by atoms with E-state index < -0.39 is 57.7 Å². The predicted molar refractivity (Wildman–Crippen MR) is 145 cm³/mol. The van der Waals surface area contributed by atoms with Gasteiger partial charge in [0.15, 0.2) is 11.4 Å². The molecule has 0 saturated heterocycles. The molecule has 41 heavy (non-hydrogen) atoms. The lowest BCUT2D eigenvalue weighted by molar-refractivity contribution is -0.141. The summed E-state index contributed by atoms with van der Waals surface area (Å²) in [5.74, 6) is -4.97. The molecule has 4 rings (SSSR count). The smallest absolute Gasteiger partial charge is 0.433 e. The molecule has 4 aromatic rings. The van der Waals surface area contributed by atoms with Crippen LogP contribution >= 0.6 is 35.0 Å². The van der Waals surface area contributed by atoms with E-state index in [1.807, 2.05) is 0 Å². The van der Waals surface area contributed by atoms with E-state index in [0.29, 0.717) is 23.4 Å². The second-order valence-corrected chi connectivity index (χ2v) is 10.5. The van der Waals surface area contributed by atoms with Crippen molar-refractivity contribution in [3.8, 4) is 5.75 Å². The molecule has 0 bridgehead atoms. The number of carboxylic acid groups (broad SMARTS) is 2. The van der Waals surface area contributed by atoms with E-state index in [1.165, 1.54) is 43.4 Å². The molecule has 0 spiro atoms. The molecule has 2 aromatic carbocycles. The first-order valence-electron chi connectivity index (χ1n) is 11.4. The van der Waals surface area contributed by atoms with Crippen molar-refractivity contribution in [2.75, 3.05) is 0 Å². The van der Waals surface area contributed by atoms with Crippen LogP contribution in [0.15, 0.2) is 53.4 Å². The van der Waals surface area contributed by atoms with Crippen LogP contribution in [0.5, 0.6) is 5.75 Å². The third kappa shape index (κ3) is 6.06. The number of amides is 1. The topological polar surface area (TPSA) is 145 Å². The monoisotopic (exact) mass is 627 g/mol. The van der Waals surface area contributed by atoms with Gasteiger partial charge in [-0.15, -0.1) is 11.8 Å². The van der Waals surface area contributed by atoms with Gasteiger partial charge in [-0.25, -0.2) is 14.6 Å². The van der Waals surface area contributed by atoms with Gasteiger partial charge in [-0.3, -0.25) is 4.79 Å². The number of rotatable bonds is 9. The van der Waals surface area contributed by atoms with Gasteiger partial charge in [0.2, 0.25) is 5.91 Å². The Hall–Kier alpha value is -3.94. The Bertz CT molecular complexity index is 1710. The number of halogens is 5. The van der Waals surface area contributed by atoms with Crippen molar-refractivity contribution in [2.45, 2.75) is 22.9 Å². The highest BCUT2D eigenvalue weighted by Gasteiger charge is 2.38. The van der Waals surface area contributed by atoms with Crippen LogP contribution in [-0.2, 0) is 24.6 Å². The normalized spacial score (nSPS) is 12.3. The number of carbonyl (C=O) groups excluding carboxylic acids is 1. The van der Waals surface area contributed by atoms with Gasteiger partial charge in [0.1, 0.15) is 23.1 Å². The first kappa shape index (κ1) is 30.0. The first-order valence-corrected chi connectivity index (χ1v) is 13.0. The number of hydrogen-bond donors (Lipinski definition) is 3. The summed E-state index contributed by atoms with van der Waals surface area (Å²) in [6.07, 6.45) is -4.83. The zero-order valence-electron chi connectivity index (χ0n) is 20.7. The van der Waals surface area contributed by atoms with Crippen LogP contribution in [-0.4, -0.2) is 37.6 Å². The fraction of sp³-hybridized carbons (Fsp3) is 0.154. The van der Waals surface area contributed by atoms with Crippen LogP contribution in [0.25, 0.3) is 10.9 Å². The molecule has 9 nitrogen and oxygen atoms in total. The molecule has 4 N–H and O–H groups in total. The molecule has 2 aromatic heterocycles. The van der Waals surface area contributed by atoms with Gasteiger partial charge in [0, 0.05) is 17.3 Å². The Kier molecular flexibility index (Phi) is 8.43. The van der Waals surface area contributed by atoms with Crippen LogP contribution in [0.1, 0.15) is 43.0 Å². The van der Waals surface area contributed by atoms with Crippen molar-refractivity contribution < 1.29 is 42.5 Å². The largest absolute Gasteiger partial charge is 0.485 e. The molecule has 0 saturated carbocycles. The summed E-state index contributed by atoms with van der Waals surface area (Å²) in [6, 6.07) is 11.0. The van der Waals surface area contributed by atoms with E-state index in [1.54, 1.807) is 6.07 Å². The molecule has 2 heterocycles. The Morgan fingerprint density at radius 1 is 1.07 bits per heavy atom. The highest BCUT2D eigenvalue weighted by Crippen LogP contribution is 2.45. The fourth-order valence-electron chi connectivity index (χ4n) is 4.12.